The number of hydrogen-bond acceptors (Lipinski definition) is 6. The van der Waals surface area contributed by atoms with Crippen LogP contribution in [0.15, 0.2) is 0 Å². The molecule has 2 aromatic carbocycles. The molecular weight excluding hydrogens is 276 g/mol. The molecule has 6 heteroatoms. The SMILES string of the molecule is CC(C)(c1c2c(O)c(c3c1O3)O2)c1c2c(O)c(c3c1O3)O2. The molecule has 104 valence electrons. The molecule has 0 unspecified atom stereocenters. The Hall–Kier alpha value is -2.76. The van der Waals surface area contributed by atoms with Gasteiger partial charge in [0.05, 0.1) is 11.1 Å². The Morgan fingerprint density at radius 1 is 0.571 bits per heavy atom. The topological polar surface area (TPSA) is 84.0 Å². The summed E-state index contributed by atoms with van der Waals surface area (Å²) in [6, 6.07) is 0. The highest BCUT2D eigenvalue weighted by atomic mass is 16.6. The van der Waals surface area contributed by atoms with E-state index in [1.165, 1.54) is 0 Å². The Morgan fingerprint density at radius 2 is 0.952 bits per heavy atom. The number of benzene rings is 2. The van der Waals surface area contributed by atoms with Gasteiger partial charge in [0.25, 0.3) is 0 Å². The van der Waals surface area contributed by atoms with Gasteiger partial charge in [-0.2, -0.15) is 0 Å². The maximum absolute atomic E-state index is 9.99. The Balaban J connectivity index is 1.66. The zero-order valence-corrected chi connectivity index (χ0v) is 11.0. The molecule has 0 fully saturated rings. The van der Waals surface area contributed by atoms with Crippen LogP contribution in [0.2, 0.25) is 0 Å². The third-order valence-electron chi connectivity index (χ3n) is 4.58. The molecule has 0 saturated heterocycles. The minimum absolute atomic E-state index is 0.122. The van der Waals surface area contributed by atoms with Gasteiger partial charge in [-0.1, -0.05) is 13.8 Å². The Morgan fingerprint density at radius 3 is 1.33 bits per heavy atom. The zero-order valence-electron chi connectivity index (χ0n) is 11.0. The van der Waals surface area contributed by atoms with Gasteiger partial charge in [-0.25, -0.2) is 0 Å². The summed E-state index contributed by atoms with van der Waals surface area (Å²) in [5.41, 5.74) is 0.904. The van der Waals surface area contributed by atoms with E-state index in [0.717, 1.165) is 22.6 Å². The van der Waals surface area contributed by atoms with Crippen molar-refractivity contribution in [2.75, 3.05) is 0 Å². The third-order valence-corrected chi connectivity index (χ3v) is 4.58. The van der Waals surface area contributed by atoms with Crippen LogP contribution < -0.4 is 18.9 Å². The fourth-order valence-electron chi connectivity index (χ4n) is 3.41. The molecule has 4 bridgehead atoms. The summed E-state index contributed by atoms with van der Waals surface area (Å²) in [4.78, 5) is 0. The van der Waals surface area contributed by atoms with Gasteiger partial charge in [-0.15, -0.1) is 0 Å². The minimum atomic E-state index is -0.599. The summed E-state index contributed by atoms with van der Waals surface area (Å²) in [6.07, 6.45) is 0. The monoisotopic (exact) mass is 284 g/mol. The van der Waals surface area contributed by atoms with Crippen LogP contribution in [-0.4, -0.2) is 10.2 Å². The molecule has 6 aliphatic rings. The van der Waals surface area contributed by atoms with Gasteiger partial charge < -0.3 is 29.2 Å². The lowest BCUT2D eigenvalue weighted by Crippen LogP contribution is -2.22. The molecule has 0 amide bonds. The maximum Gasteiger partial charge on any atom is 0.219 e. The fraction of sp³-hybridized carbons (Fsp3) is 0.200. The highest BCUT2D eigenvalue weighted by Gasteiger charge is 2.55. The molecule has 6 heterocycles. The van der Waals surface area contributed by atoms with E-state index in [1.807, 2.05) is 13.8 Å². The number of aromatic hydroxyl groups is 2. The van der Waals surface area contributed by atoms with E-state index in [4.69, 9.17) is 18.9 Å². The number of hydrogen-bond donors (Lipinski definition) is 2. The minimum Gasteiger partial charge on any atom is -0.502 e. The summed E-state index contributed by atoms with van der Waals surface area (Å²) >= 11 is 0. The van der Waals surface area contributed by atoms with Crippen LogP contribution in [-0.2, 0) is 5.41 Å². The van der Waals surface area contributed by atoms with Gasteiger partial charge in [0.2, 0.25) is 34.5 Å². The maximum atomic E-state index is 9.99. The summed E-state index contributed by atoms with van der Waals surface area (Å²) in [5, 5.41) is 20.0. The fourth-order valence-corrected chi connectivity index (χ4v) is 3.41. The number of rotatable bonds is 2. The second kappa shape index (κ2) is 2.43. The van der Waals surface area contributed by atoms with Crippen molar-refractivity contribution >= 4 is 0 Å². The quantitative estimate of drug-likeness (QED) is 0.470. The first-order valence-electron chi connectivity index (χ1n) is 6.58. The van der Waals surface area contributed by atoms with E-state index in [-0.39, 0.29) is 11.5 Å². The Labute approximate surface area is 118 Å². The van der Waals surface area contributed by atoms with Crippen molar-refractivity contribution in [3.05, 3.63) is 11.1 Å². The van der Waals surface area contributed by atoms with Crippen LogP contribution in [0.25, 0.3) is 0 Å². The summed E-state index contributed by atoms with van der Waals surface area (Å²) < 4.78 is 21.9. The number of phenolic OH excluding ortho intramolecular Hbond substituents is 2. The molecule has 0 spiro atoms. The smallest absolute Gasteiger partial charge is 0.219 e. The van der Waals surface area contributed by atoms with E-state index in [2.05, 4.69) is 0 Å². The average Bonchev–Trinajstić information content (AvgIpc) is 3.34. The van der Waals surface area contributed by atoms with Crippen LogP contribution in [0.3, 0.4) is 0 Å². The molecule has 0 aromatic heterocycles. The molecule has 2 N–H and O–H groups in total. The van der Waals surface area contributed by atoms with Gasteiger partial charge in [0.1, 0.15) is 0 Å². The van der Waals surface area contributed by atoms with Crippen molar-refractivity contribution in [3.63, 3.8) is 0 Å². The van der Waals surface area contributed by atoms with Crippen LogP contribution in [0, 0.1) is 0 Å². The first-order chi connectivity index (χ1) is 10.00. The van der Waals surface area contributed by atoms with Crippen molar-refractivity contribution < 1.29 is 29.2 Å². The molecule has 0 radical (unpaired) electrons. The summed E-state index contributed by atoms with van der Waals surface area (Å²) in [6.45, 7) is 3.91. The average molecular weight is 284 g/mol. The van der Waals surface area contributed by atoms with Crippen molar-refractivity contribution in [2.45, 2.75) is 19.3 Å². The lowest BCUT2D eigenvalue weighted by molar-refractivity contribution is 0.319. The lowest BCUT2D eigenvalue weighted by atomic mass is 9.75. The standard InChI is InChI=1S/C15H8O6/c1-15(2,3-7-5(16)11(18-7)13-9(3)20-13)4-8-6(17)12(19-8)14-10(4)21-14/h16-17H,1-2H3. The zero-order chi connectivity index (χ0) is 14.3. The molecule has 8 rings (SSSR count). The molecule has 0 saturated carbocycles. The largest absolute Gasteiger partial charge is 0.502 e. The molecule has 6 aliphatic heterocycles. The van der Waals surface area contributed by atoms with Crippen molar-refractivity contribution in [2.24, 2.45) is 0 Å². The predicted molar refractivity (Wildman–Crippen MR) is 68.6 cm³/mol. The van der Waals surface area contributed by atoms with E-state index in [0.29, 0.717) is 34.5 Å². The van der Waals surface area contributed by atoms with E-state index in [1.54, 1.807) is 0 Å². The van der Waals surface area contributed by atoms with E-state index in [9.17, 15) is 10.2 Å². The van der Waals surface area contributed by atoms with Crippen molar-refractivity contribution in [1.82, 2.24) is 0 Å². The lowest BCUT2D eigenvalue weighted by Gasteiger charge is -2.32. The third kappa shape index (κ3) is 0.835. The Bertz CT molecular complexity index is 858. The van der Waals surface area contributed by atoms with Gasteiger partial charge in [-0.05, 0) is 0 Å². The van der Waals surface area contributed by atoms with Crippen LogP contribution in [0.4, 0.5) is 0 Å². The van der Waals surface area contributed by atoms with Crippen molar-refractivity contribution in [3.8, 4) is 57.5 Å². The molecule has 0 aliphatic carbocycles. The second-order valence-electron chi connectivity index (χ2n) is 6.11. The number of ether oxygens (including phenoxy) is 4. The molecule has 21 heavy (non-hydrogen) atoms. The Kier molecular flexibility index (Phi) is 1.16. The summed E-state index contributed by atoms with van der Waals surface area (Å²) in [5.74, 6) is 4.57. The van der Waals surface area contributed by atoms with Gasteiger partial charge in [0, 0.05) is 5.41 Å². The second-order valence-corrected chi connectivity index (χ2v) is 6.11. The van der Waals surface area contributed by atoms with Crippen LogP contribution in [0.1, 0.15) is 25.0 Å². The van der Waals surface area contributed by atoms with Gasteiger partial charge >= 0.3 is 0 Å². The van der Waals surface area contributed by atoms with Crippen LogP contribution >= 0.6 is 0 Å². The van der Waals surface area contributed by atoms with E-state index < -0.39 is 5.41 Å². The predicted octanol–water partition coefficient (Wildman–Crippen LogP) is 3.85. The summed E-state index contributed by atoms with van der Waals surface area (Å²) in [7, 11) is 0. The normalized spacial score (nSPS) is 16.1. The van der Waals surface area contributed by atoms with Crippen molar-refractivity contribution in [1.29, 1.82) is 0 Å². The highest BCUT2D eigenvalue weighted by Crippen LogP contribution is 2.77. The van der Waals surface area contributed by atoms with E-state index >= 15 is 0 Å². The highest BCUT2D eigenvalue weighted by molar-refractivity contribution is 5.89. The molecule has 0 atom stereocenters. The molecule has 2 aromatic rings. The van der Waals surface area contributed by atoms with Gasteiger partial charge in [0.15, 0.2) is 23.0 Å². The first-order valence-corrected chi connectivity index (χ1v) is 6.58. The molecule has 6 nitrogen and oxygen atoms in total. The number of phenols is 2. The van der Waals surface area contributed by atoms with Gasteiger partial charge in [-0.3, -0.25) is 0 Å². The first kappa shape index (κ1) is 10.0. The van der Waals surface area contributed by atoms with Crippen LogP contribution in [0.5, 0.6) is 57.5 Å². The molecular formula is C15H8O6.